The van der Waals surface area contributed by atoms with Crippen molar-refractivity contribution >= 4 is 6.09 Å². The normalized spacial score (nSPS) is 19.0. The number of nitrogens with one attached hydrogen (secondary N) is 1. The van der Waals surface area contributed by atoms with Crippen LogP contribution in [-0.4, -0.2) is 69.2 Å². The van der Waals surface area contributed by atoms with Crippen molar-refractivity contribution in [3.8, 4) is 0 Å². The van der Waals surface area contributed by atoms with Crippen LogP contribution in [0.2, 0.25) is 0 Å². The van der Waals surface area contributed by atoms with Crippen LogP contribution in [0.15, 0.2) is 0 Å². The van der Waals surface area contributed by atoms with Gasteiger partial charge in [-0.05, 0) is 33.6 Å². The standard InChI is InChI=1S/C15H30N2O4/c1-15(2,3)21-14(18)17-8-5-6-13(17)12-16-7-9-20-11-10-19-4/h13,16H,5-12H2,1-4H3. The molecule has 6 heteroatoms. The van der Waals surface area contributed by atoms with Gasteiger partial charge in [0.05, 0.1) is 19.8 Å². The Morgan fingerprint density at radius 1 is 1.29 bits per heavy atom. The van der Waals surface area contributed by atoms with Gasteiger partial charge in [0.15, 0.2) is 0 Å². The van der Waals surface area contributed by atoms with E-state index in [1.807, 2.05) is 25.7 Å². The minimum atomic E-state index is -0.438. The minimum absolute atomic E-state index is 0.205. The highest BCUT2D eigenvalue weighted by molar-refractivity contribution is 5.69. The van der Waals surface area contributed by atoms with Crippen LogP contribution in [0.3, 0.4) is 0 Å². The Balaban J connectivity index is 2.20. The third-order valence-electron chi connectivity index (χ3n) is 3.24. The van der Waals surface area contributed by atoms with E-state index in [1.165, 1.54) is 0 Å². The van der Waals surface area contributed by atoms with Crippen LogP contribution in [0.4, 0.5) is 4.79 Å². The number of likely N-dealkylation sites (tertiary alicyclic amines) is 1. The first-order valence-electron chi connectivity index (χ1n) is 7.71. The third-order valence-corrected chi connectivity index (χ3v) is 3.24. The van der Waals surface area contributed by atoms with E-state index in [-0.39, 0.29) is 12.1 Å². The van der Waals surface area contributed by atoms with Gasteiger partial charge >= 0.3 is 6.09 Å². The van der Waals surface area contributed by atoms with Gasteiger partial charge in [0, 0.05) is 32.8 Å². The number of ether oxygens (including phenoxy) is 3. The number of hydrogen-bond acceptors (Lipinski definition) is 5. The predicted octanol–water partition coefficient (Wildman–Crippen LogP) is 1.64. The van der Waals surface area contributed by atoms with Gasteiger partial charge in [0.2, 0.25) is 0 Å². The molecule has 0 bridgehead atoms. The molecule has 0 saturated carbocycles. The van der Waals surface area contributed by atoms with Gasteiger partial charge in [-0.2, -0.15) is 0 Å². The average Bonchev–Trinajstić information content (AvgIpc) is 2.84. The highest BCUT2D eigenvalue weighted by Gasteiger charge is 2.31. The summed E-state index contributed by atoms with van der Waals surface area (Å²) in [6, 6.07) is 0.221. The first-order valence-corrected chi connectivity index (χ1v) is 7.71. The van der Waals surface area contributed by atoms with Gasteiger partial charge in [0.25, 0.3) is 0 Å². The lowest BCUT2D eigenvalue weighted by Crippen LogP contribution is -2.44. The SMILES string of the molecule is COCCOCCNCC1CCCN1C(=O)OC(C)(C)C. The van der Waals surface area contributed by atoms with Crippen molar-refractivity contribution in [2.75, 3.05) is 46.6 Å². The van der Waals surface area contributed by atoms with Crippen molar-refractivity contribution in [2.45, 2.75) is 45.3 Å². The van der Waals surface area contributed by atoms with Crippen molar-refractivity contribution in [1.82, 2.24) is 10.2 Å². The molecule has 0 aliphatic carbocycles. The molecule has 1 N–H and O–H groups in total. The van der Waals surface area contributed by atoms with E-state index in [4.69, 9.17) is 14.2 Å². The molecule has 1 aliphatic rings. The van der Waals surface area contributed by atoms with E-state index in [0.29, 0.717) is 19.8 Å². The second-order valence-electron chi connectivity index (χ2n) is 6.28. The second-order valence-corrected chi connectivity index (χ2v) is 6.28. The zero-order valence-corrected chi connectivity index (χ0v) is 13.8. The van der Waals surface area contributed by atoms with E-state index in [9.17, 15) is 4.79 Å². The molecule has 1 saturated heterocycles. The summed E-state index contributed by atoms with van der Waals surface area (Å²) >= 11 is 0. The Labute approximate surface area is 128 Å². The van der Waals surface area contributed by atoms with Crippen LogP contribution in [0.1, 0.15) is 33.6 Å². The Bertz CT molecular complexity index is 305. The molecule has 21 heavy (non-hydrogen) atoms. The molecule has 0 spiro atoms. The number of nitrogens with zero attached hydrogens (tertiary/aromatic N) is 1. The van der Waals surface area contributed by atoms with Crippen molar-refractivity contribution in [2.24, 2.45) is 0 Å². The first kappa shape index (κ1) is 18.2. The second kappa shape index (κ2) is 9.23. The lowest BCUT2D eigenvalue weighted by molar-refractivity contribution is 0.0224. The minimum Gasteiger partial charge on any atom is -0.444 e. The van der Waals surface area contributed by atoms with E-state index >= 15 is 0 Å². The summed E-state index contributed by atoms with van der Waals surface area (Å²) in [6.07, 6.45) is 1.86. The fourth-order valence-electron chi connectivity index (χ4n) is 2.27. The number of rotatable bonds is 8. The monoisotopic (exact) mass is 302 g/mol. The Morgan fingerprint density at radius 2 is 2.05 bits per heavy atom. The number of hydrogen-bond donors (Lipinski definition) is 1. The van der Waals surface area contributed by atoms with Crippen LogP contribution in [0, 0.1) is 0 Å². The van der Waals surface area contributed by atoms with Crippen LogP contribution in [0.5, 0.6) is 0 Å². The van der Waals surface area contributed by atoms with Gasteiger partial charge in [0.1, 0.15) is 5.60 Å². The lowest BCUT2D eigenvalue weighted by atomic mass is 10.2. The summed E-state index contributed by atoms with van der Waals surface area (Å²) in [5, 5.41) is 3.34. The highest BCUT2D eigenvalue weighted by Crippen LogP contribution is 2.20. The molecular weight excluding hydrogens is 272 g/mol. The zero-order valence-electron chi connectivity index (χ0n) is 13.8. The highest BCUT2D eigenvalue weighted by atomic mass is 16.6. The fraction of sp³-hybridized carbons (Fsp3) is 0.933. The summed E-state index contributed by atoms with van der Waals surface area (Å²) in [4.78, 5) is 14.0. The first-order chi connectivity index (χ1) is 9.94. The molecule has 1 aliphatic heterocycles. The molecule has 1 fully saturated rings. The number of carbonyl (C=O) groups excluding carboxylic acids is 1. The lowest BCUT2D eigenvalue weighted by Gasteiger charge is -2.28. The summed E-state index contributed by atoms with van der Waals surface area (Å²) in [7, 11) is 1.66. The van der Waals surface area contributed by atoms with E-state index in [2.05, 4.69) is 5.32 Å². The average molecular weight is 302 g/mol. The molecule has 0 aromatic heterocycles. The summed E-state index contributed by atoms with van der Waals surface area (Å²) in [5.41, 5.74) is -0.438. The van der Waals surface area contributed by atoms with Gasteiger partial charge in [-0.15, -0.1) is 0 Å². The largest absolute Gasteiger partial charge is 0.444 e. The maximum absolute atomic E-state index is 12.1. The smallest absolute Gasteiger partial charge is 0.410 e. The number of carbonyl (C=O) groups is 1. The molecule has 0 radical (unpaired) electrons. The van der Waals surface area contributed by atoms with Crippen LogP contribution in [-0.2, 0) is 14.2 Å². The predicted molar refractivity (Wildman–Crippen MR) is 81.5 cm³/mol. The molecular formula is C15H30N2O4. The van der Waals surface area contributed by atoms with Crippen LogP contribution < -0.4 is 5.32 Å². The fourth-order valence-corrected chi connectivity index (χ4v) is 2.27. The molecule has 1 atom stereocenters. The molecule has 1 unspecified atom stereocenters. The quantitative estimate of drug-likeness (QED) is 0.691. The summed E-state index contributed by atoms with van der Waals surface area (Å²) in [6.45, 7) is 9.92. The van der Waals surface area contributed by atoms with E-state index in [1.54, 1.807) is 7.11 Å². The topological polar surface area (TPSA) is 60.0 Å². The zero-order chi connectivity index (χ0) is 15.7. The third kappa shape index (κ3) is 7.64. The van der Waals surface area contributed by atoms with Crippen LogP contribution in [0.25, 0.3) is 0 Å². The molecule has 6 nitrogen and oxygen atoms in total. The maximum atomic E-state index is 12.1. The van der Waals surface area contributed by atoms with Gasteiger partial charge in [-0.1, -0.05) is 0 Å². The molecule has 0 aromatic carbocycles. The van der Waals surface area contributed by atoms with Crippen molar-refractivity contribution in [3.63, 3.8) is 0 Å². The summed E-state index contributed by atoms with van der Waals surface area (Å²) < 4.78 is 15.7. The molecule has 124 valence electrons. The molecule has 1 heterocycles. The number of methoxy groups -OCH3 is 1. The van der Waals surface area contributed by atoms with Crippen molar-refractivity contribution in [1.29, 1.82) is 0 Å². The van der Waals surface area contributed by atoms with E-state index in [0.717, 1.165) is 32.5 Å². The molecule has 1 amide bonds. The van der Waals surface area contributed by atoms with E-state index < -0.39 is 5.60 Å². The van der Waals surface area contributed by atoms with Gasteiger partial charge in [-0.3, -0.25) is 0 Å². The molecule has 0 aromatic rings. The number of amides is 1. The Hall–Kier alpha value is -0.850. The Kier molecular flexibility index (Phi) is 8.00. The van der Waals surface area contributed by atoms with Crippen molar-refractivity contribution < 1.29 is 19.0 Å². The summed E-state index contributed by atoms with van der Waals surface area (Å²) in [5.74, 6) is 0. The Morgan fingerprint density at radius 3 is 2.71 bits per heavy atom. The maximum Gasteiger partial charge on any atom is 0.410 e. The van der Waals surface area contributed by atoms with Crippen molar-refractivity contribution in [3.05, 3.63) is 0 Å². The molecule has 1 rings (SSSR count). The van der Waals surface area contributed by atoms with Gasteiger partial charge < -0.3 is 24.4 Å². The van der Waals surface area contributed by atoms with Gasteiger partial charge in [-0.25, -0.2) is 4.79 Å². The van der Waals surface area contributed by atoms with Crippen LogP contribution >= 0.6 is 0 Å².